The third-order valence-electron chi connectivity index (χ3n) is 5.34. The molecule has 0 spiro atoms. The molecule has 0 saturated carbocycles. The van der Waals surface area contributed by atoms with Crippen LogP contribution in [0.4, 0.5) is 11.4 Å². The summed E-state index contributed by atoms with van der Waals surface area (Å²) in [5.41, 5.74) is 5.58. The molecular formula is C23H26N2O4. The SMILES string of the molecule is Cc1ccc(C)c(NC(=O)COC(=O)[C@@H]2CC(=O)N(c3cccc(C)c3C)C2)c1. The van der Waals surface area contributed by atoms with Gasteiger partial charge in [-0.25, -0.2) is 0 Å². The Kier molecular flexibility index (Phi) is 6.01. The van der Waals surface area contributed by atoms with Gasteiger partial charge in [-0.3, -0.25) is 14.4 Å². The fourth-order valence-electron chi connectivity index (χ4n) is 3.44. The Hall–Kier alpha value is -3.15. The molecule has 2 amide bonds. The summed E-state index contributed by atoms with van der Waals surface area (Å²) in [5, 5.41) is 2.76. The Morgan fingerprint density at radius 2 is 1.86 bits per heavy atom. The number of carbonyl (C=O) groups is 3. The maximum atomic E-state index is 12.4. The zero-order valence-corrected chi connectivity index (χ0v) is 17.2. The summed E-state index contributed by atoms with van der Waals surface area (Å²) >= 11 is 0. The number of anilines is 2. The van der Waals surface area contributed by atoms with Gasteiger partial charge in [-0.2, -0.15) is 0 Å². The lowest BCUT2D eigenvalue weighted by Crippen LogP contribution is -2.28. The summed E-state index contributed by atoms with van der Waals surface area (Å²) in [4.78, 5) is 38.6. The highest BCUT2D eigenvalue weighted by atomic mass is 16.5. The Labute approximate surface area is 170 Å². The summed E-state index contributed by atoms with van der Waals surface area (Å²) in [7, 11) is 0. The van der Waals surface area contributed by atoms with Crippen molar-refractivity contribution in [1.82, 2.24) is 0 Å². The van der Waals surface area contributed by atoms with Gasteiger partial charge in [0.15, 0.2) is 6.61 Å². The minimum Gasteiger partial charge on any atom is -0.455 e. The molecule has 2 aromatic carbocycles. The van der Waals surface area contributed by atoms with Gasteiger partial charge >= 0.3 is 5.97 Å². The molecule has 1 saturated heterocycles. The summed E-state index contributed by atoms with van der Waals surface area (Å²) in [6.45, 7) is 7.67. The van der Waals surface area contributed by atoms with Crippen molar-refractivity contribution in [2.75, 3.05) is 23.4 Å². The maximum absolute atomic E-state index is 12.4. The first-order valence-electron chi connectivity index (χ1n) is 9.66. The lowest BCUT2D eigenvalue weighted by molar-refractivity contribution is -0.151. The van der Waals surface area contributed by atoms with Crippen LogP contribution >= 0.6 is 0 Å². The van der Waals surface area contributed by atoms with Gasteiger partial charge in [-0.05, 0) is 62.1 Å². The number of nitrogens with zero attached hydrogens (tertiary/aromatic N) is 1. The smallest absolute Gasteiger partial charge is 0.311 e. The predicted molar refractivity (Wildman–Crippen MR) is 112 cm³/mol. The molecule has 1 heterocycles. The first kappa shape index (κ1) is 20.6. The van der Waals surface area contributed by atoms with Gasteiger partial charge in [0.1, 0.15) is 0 Å². The van der Waals surface area contributed by atoms with Crippen LogP contribution in [0.3, 0.4) is 0 Å². The van der Waals surface area contributed by atoms with Crippen molar-refractivity contribution in [3.63, 3.8) is 0 Å². The zero-order valence-electron chi connectivity index (χ0n) is 17.2. The molecule has 6 heteroatoms. The number of esters is 1. The fraction of sp³-hybridized carbons (Fsp3) is 0.348. The van der Waals surface area contributed by atoms with E-state index in [2.05, 4.69) is 5.32 Å². The molecule has 6 nitrogen and oxygen atoms in total. The maximum Gasteiger partial charge on any atom is 0.311 e. The van der Waals surface area contributed by atoms with Crippen LogP contribution in [0.5, 0.6) is 0 Å². The quantitative estimate of drug-likeness (QED) is 0.788. The molecule has 0 aromatic heterocycles. The fourth-order valence-corrected chi connectivity index (χ4v) is 3.44. The van der Waals surface area contributed by atoms with Crippen LogP contribution in [0, 0.1) is 33.6 Å². The molecule has 1 fully saturated rings. The monoisotopic (exact) mass is 394 g/mol. The van der Waals surface area contributed by atoms with E-state index in [1.54, 1.807) is 4.90 Å². The van der Waals surface area contributed by atoms with E-state index in [0.29, 0.717) is 5.69 Å². The molecule has 1 N–H and O–H groups in total. The number of aryl methyl sites for hydroxylation is 3. The predicted octanol–water partition coefficient (Wildman–Crippen LogP) is 3.46. The van der Waals surface area contributed by atoms with Gasteiger partial charge in [-0.1, -0.05) is 24.3 Å². The van der Waals surface area contributed by atoms with E-state index in [9.17, 15) is 14.4 Å². The largest absolute Gasteiger partial charge is 0.455 e. The summed E-state index contributed by atoms with van der Waals surface area (Å²) in [5.74, 6) is -1.61. The Balaban J connectivity index is 1.57. The lowest BCUT2D eigenvalue weighted by atomic mass is 10.1. The van der Waals surface area contributed by atoms with Crippen LogP contribution in [0.1, 0.15) is 28.7 Å². The molecule has 3 rings (SSSR count). The average Bonchev–Trinajstić information content (AvgIpc) is 3.06. The highest BCUT2D eigenvalue weighted by Crippen LogP contribution is 2.29. The van der Waals surface area contributed by atoms with Gasteiger partial charge in [0.2, 0.25) is 5.91 Å². The molecule has 0 radical (unpaired) electrons. The molecule has 0 bridgehead atoms. The number of amides is 2. The number of nitrogens with one attached hydrogen (secondary N) is 1. The third-order valence-corrected chi connectivity index (χ3v) is 5.34. The van der Waals surface area contributed by atoms with Crippen LogP contribution in [-0.2, 0) is 19.1 Å². The third kappa shape index (κ3) is 4.65. The number of hydrogen-bond donors (Lipinski definition) is 1. The van der Waals surface area contributed by atoms with Crippen LogP contribution < -0.4 is 10.2 Å². The van der Waals surface area contributed by atoms with Gasteiger partial charge in [0.05, 0.1) is 5.92 Å². The number of benzene rings is 2. The molecule has 2 aromatic rings. The Morgan fingerprint density at radius 3 is 2.62 bits per heavy atom. The first-order chi connectivity index (χ1) is 13.8. The second-order valence-corrected chi connectivity index (χ2v) is 7.60. The topological polar surface area (TPSA) is 75.7 Å². The second kappa shape index (κ2) is 8.47. The molecule has 152 valence electrons. The Bertz CT molecular complexity index is 967. The number of rotatable bonds is 5. The van der Waals surface area contributed by atoms with E-state index < -0.39 is 17.8 Å². The van der Waals surface area contributed by atoms with Crippen LogP contribution in [0.15, 0.2) is 36.4 Å². The van der Waals surface area contributed by atoms with Crippen molar-refractivity contribution in [1.29, 1.82) is 0 Å². The van der Waals surface area contributed by atoms with E-state index in [1.807, 2.05) is 64.1 Å². The average molecular weight is 394 g/mol. The standard InChI is InChI=1S/C23H26N2O4/c1-14-8-9-16(3)19(10-14)24-21(26)13-29-23(28)18-11-22(27)25(12-18)20-7-5-6-15(2)17(20)4/h5-10,18H,11-13H2,1-4H3,(H,24,26)/t18-/m1/s1. The van der Waals surface area contributed by atoms with E-state index >= 15 is 0 Å². The second-order valence-electron chi connectivity index (χ2n) is 7.60. The summed E-state index contributed by atoms with van der Waals surface area (Å²) in [6.07, 6.45) is 0.0881. The lowest BCUT2D eigenvalue weighted by Gasteiger charge is -2.20. The van der Waals surface area contributed by atoms with Crippen LogP contribution in [0.2, 0.25) is 0 Å². The normalized spacial score (nSPS) is 16.1. The minimum absolute atomic E-state index is 0.0881. The molecule has 1 aliphatic rings. The van der Waals surface area contributed by atoms with Crippen molar-refractivity contribution in [2.24, 2.45) is 5.92 Å². The number of hydrogen-bond acceptors (Lipinski definition) is 4. The van der Waals surface area contributed by atoms with E-state index in [0.717, 1.165) is 27.9 Å². The van der Waals surface area contributed by atoms with E-state index in [1.165, 1.54) is 0 Å². The van der Waals surface area contributed by atoms with Crippen LogP contribution in [0.25, 0.3) is 0 Å². The molecular weight excluding hydrogens is 368 g/mol. The van der Waals surface area contributed by atoms with Crippen molar-refractivity contribution >= 4 is 29.2 Å². The highest BCUT2D eigenvalue weighted by Gasteiger charge is 2.37. The molecule has 29 heavy (non-hydrogen) atoms. The molecule has 1 atom stereocenters. The number of carbonyl (C=O) groups excluding carboxylic acids is 3. The van der Waals surface area contributed by atoms with Gasteiger partial charge in [0, 0.05) is 24.3 Å². The van der Waals surface area contributed by atoms with Gasteiger partial charge in [0.25, 0.3) is 5.91 Å². The van der Waals surface area contributed by atoms with Crippen molar-refractivity contribution in [3.8, 4) is 0 Å². The summed E-state index contributed by atoms with van der Waals surface area (Å²) < 4.78 is 5.19. The van der Waals surface area contributed by atoms with Gasteiger partial charge in [-0.15, -0.1) is 0 Å². The first-order valence-corrected chi connectivity index (χ1v) is 9.66. The van der Waals surface area contributed by atoms with Crippen molar-refractivity contribution < 1.29 is 19.1 Å². The molecule has 0 unspecified atom stereocenters. The molecule has 0 aliphatic carbocycles. The summed E-state index contributed by atoms with van der Waals surface area (Å²) in [6, 6.07) is 11.5. The van der Waals surface area contributed by atoms with E-state index in [-0.39, 0.29) is 25.5 Å². The molecule has 1 aliphatic heterocycles. The number of ether oxygens (including phenoxy) is 1. The highest BCUT2D eigenvalue weighted by molar-refractivity contribution is 6.00. The van der Waals surface area contributed by atoms with Crippen LogP contribution in [-0.4, -0.2) is 30.9 Å². The minimum atomic E-state index is -0.573. The zero-order chi connectivity index (χ0) is 21.1. The Morgan fingerprint density at radius 1 is 1.10 bits per heavy atom. The van der Waals surface area contributed by atoms with Crippen molar-refractivity contribution in [3.05, 3.63) is 58.7 Å². The van der Waals surface area contributed by atoms with Gasteiger partial charge < -0.3 is 15.0 Å². The van der Waals surface area contributed by atoms with E-state index in [4.69, 9.17) is 4.74 Å². The van der Waals surface area contributed by atoms with Crippen molar-refractivity contribution in [2.45, 2.75) is 34.1 Å².